The van der Waals surface area contributed by atoms with Crippen LogP contribution >= 0.6 is 11.6 Å². The van der Waals surface area contributed by atoms with Crippen molar-refractivity contribution in [1.29, 1.82) is 0 Å². The number of carbonyl (C=O) groups is 1. The average molecular weight is 386 g/mol. The monoisotopic (exact) mass is 385 g/mol. The minimum Gasteiger partial charge on any atom is -0.370 e. The number of para-hydroxylation sites is 2. The lowest BCUT2D eigenvalue weighted by Gasteiger charge is -2.30. The Balaban J connectivity index is 1.72. The van der Waals surface area contributed by atoms with Crippen LogP contribution in [0.3, 0.4) is 0 Å². The quantitative estimate of drug-likeness (QED) is 0.451. The van der Waals surface area contributed by atoms with E-state index in [0.29, 0.717) is 5.56 Å². The first-order valence-corrected chi connectivity index (χ1v) is 9.19. The van der Waals surface area contributed by atoms with Gasteiger partial charge in [0.25, 0.3) is 5.69 Å². The Morgan fingerprint density at radius 3 is 2.63 bits per heavy atom. The number of hydrogen-bond acceptors (Lipinski definition) is 4. The molecular formula is C20H20ClN3O3. The molecule has 1 fully saturated rings. The second-order valence-corrected chi connectivity index (χ2v) is 6.76. The number of hydrogen-bond donors (Lipinski definition) is 1. The van der Waals surface area contributed by atoms with Crippen LogP contribution in [0.2, 0.25) is 5.02 Å². The smallest absolute Gasteiger partial charge is 0.288 e. The molecule has 0 unspecified atom stereocenters. The normalized spacial score (nSPS) is 14.3. The van der Waals surface area contributed by atoms with E-state index >= 15 is 0 Å². The molecule has 0 atom stereocenters. The van der Waals surface area contributed by atoms with Gasteiger partial charge in [0.15, 0.2) is 0 Å². The lowest BCUT2D eigenvalue weighted by Crippen LogP contribution is -2.30. The number of carbonyl (C=O) groups excluding carboxylic acids is 1. The van der Waals surface area contributed by atoms with Crippen LogP contribution in [0.5, 0.6) is 0 Å². The van der Waals surface area contributed by atoms with Crippen LogP contribution in [-0.4, -0.2) is 23.9 Å². The number of anilines is 2. The van der Waals surface area contributed by atoms with Crippen LogP contribution in [0.25, 0.3) is 6.08 Å². The number of halogens is 1. The molecule has 2 aromatic rings. The zero-order valence-electron chi connectivity index (χ0n) is 14.7. The molecule has 1 amide bonds. The molecule has 1 heterocycles. The summed E-state index contributed by atoms with van der Waals surface area (Å²) in [5, 5.41) is 13.9. The highest BCUT2D eigenvalue weighted by Gasteiger charge is 2.15. The summed E-state index contributed by atoms with van der Waals surface area (Å²) in [6.45, 7) is 1.97. The fraction of sp³-hybridized carbons (Fsp3) is 0.250. The average Bonchev–Trinajstić information content (AvgIpc) is 2.68. The Labute approximate surface area is 162 Å². The molecule has 0 aromatic heterocycles. The van der Waals surface area contributed by atoms with Crippen molar-refractivity contribution < 1.29 is 9.72 Å². The van der Waals surface area contributed by atoms with Gasteiger partial charge >= 0.3 is 0 Å². The molecule has 0 aliphatic carbocycles. The number of nitrogens with one attached hydrogen (secondary N) is 1. The molecule has 0 bridgehead atoms. The van der Waals surface area contributed by atoms with E-state index in [0.717, 1.165) is 37.3 Å². The van der Waals surface area contributed by atoms with Crippen molar-refractivity contribution >= 4 is 40.6 Å². The summed E-state index contributed by atoms with van der Waals surface area (Å²) in [4.78, 5) is 25.0. The predicted molar refractivity (Wildman–Crippen MR) is 108 cm³/mol. The third kappa shape index (κ3) is 4.86. The molecule has 1 aliphatic rings. The topological polar surface area (TPSA) is 75.5 Å². The SMILES string of the molecule is O=C(C=Cc1ccc(Cl)c([N+](=O)[O-])c1)Nc1ccccc1N1CCCCC1. The van der Waals surface area contributed by atoms with Crippen LogP contribution in [0.1, 0.15) is 24.8 Å². The van der Waals surface area contributed by atoms with Gasteiger partial charge in [-0.1, -0.05) is 29.8 Å². The molecule has 3 rings (SSSR count). The number of rotatable bonds is 5. The van der Waals surface area contributed by atoms with E-state index in [1.807, 2.05) is 24.3 Å². The second-order valence-electron chi connectivity index (χ2n) is 6.36. The second kappa shape index (κ2) is 8.68. The summed E-state index contributed by atoms with van der Waals surface area (Å²) in [7, 11) is 0. The first-order valence-electron chi connectivity index (χ1n) is 8.81. The molecule has 140 valence electrons. The molecule has 0 saturated carbocycles. The molecule has 1 saturated heterocycles. The van der Waals surface area contributed by atoms with Gasteiger partial charge < -0.3 is 10.2 Å². The summed E-state index contributed by atoms with van der Waals surface area (Å²) in [6, 6.07) is 12.1. The van der Waals surface area contributed by atoms with Gasteiger partial charge in [0.05, 0.1) is 16.3 Å². The standard InChI is InChI=1S/C20H20ClN3O3/c21-16-10-8-15(14-19(16)24(26)27)9-11-20(25)22-17-6-2-3-7-18(17)23-12-4-1-5-13-23/h2-3,6-11,14H,1,4-5,12-13H2,(H,22,25). The van der Waals surface area contributed by atoms with Crippen molar-refractivity contribution in [3.8, 4) is 0 Å². The summed E-state index contributed by atoms with van der Waals surface area (Å²) < 4.78 is 0. The Morgan fingerprint density at radius 2 is 1.89 bits per heavy atom. The Hall–Kier alpha value is -2.86. The number of nitro benzene ring substituents is 1. The Morgan fingerprint density at radius 1 is 1.15 bits per heavy atom. The highest BCUT2D eigenvalue weighted by molar-refractivity contribution is 6.32. The number of piperidine rings is 1. The number of amides is 1. The highest BCUT2D eigenvalue weighted by atomic mass is 35.5. The third-order valence-corrected chi connectivity index (χ3v) is 4.77. The summed E-state index contributed by atoms with van der Waals surface area (Å²) >= 11 is 5.80. The van der Waals surface area contributed by atoms with Crippen LogP contribution in [0.15, 0.2) is 48.5 Å². The Bertz CT molecular complexity index is 877. The van der Waals surface area contributed by atoms with Gasteiger partial charge in [0.1, 0.15) is 5.02 Å². The molecular weight excluding hydrogens is 366 g/mol. The van der Waals surface area contributed by atoms with E-state index in [9.17, 15) is 14.9 Å². The van der Waals surface area contributed by atoms with Crippen molar-refractivity contribution in [3.05, 3.63) is 69.2 Å². The minimum atomic E-state index is -0.547. The number of benzene rings is 2. The van der Waals surface area contributed by atoms with Crippen molar-refractivity contribution in [1.82, 2.24) is 0 Å². The van der Waals surface area contributed by atoms with Gasteiger partial charge in [0, 0.05) is 25.2 Å². The molecule has 6 nitrogen and oxygen atoms in total. The van der Waals surface area contributed by atoms with Gasteiger partial charge in [-0.05, 0) is 49.1 Å². The van der Waals surface area contributed by atoms with E-state index in [1.54, 1.807) is 6.07 Å². The van der Waals surface area contributed by atoms with E-state index < -0.39 is 4.92 Å². The van der Waals surface area contributed by atoms with E-state index in [1.165, 1.54) is 30.7 Å². The molecule has 2 aromatic carbocycles. The number of nitro groups is 1. The molecule has 27 heavy (non-hydrogen) atoms. The highest BCUT2D eigenvalue weighted by Crippen LogP contribution is 2.28. The first-order chi connectivity index (χ1) is 13.0. The van der Waals surface area contributed by atoms with E-state index in [4.69, 9.17) is 11.6 Å². The maximum Gasteiger partial charge on any atom is 0.288 e. The van der Waals surface area contributed by atoms with Crippen LogP contribution in [-0.2, 0) is 4.79 Å². The van der Waals surface area contributed by atoms with Gasteiger partial charge in [-0.3, -0.25) is 14.9 Å². The maximum atomic E-state index is 12.3. The molecule has 0 spiro atoms. The van der Waals surface area contributed by atoms with Crippen LogP contribution in [0.4, 0.5) is 17.1 Å². The first kappa shape index (κ1) is 18.9. The zero-order chi connectivity index (χ0) is 19.2. The Kier molecular flexibility index (Phi) is 6.08. The maximum absolute atomic E-state index is 12.3. The van der Waals surface area contributed by atoms with E-state index in [-0.39, 0.29) is 16.6 Å². The lowest BCUT2D eigenvalue weighted by atomic mass is 10.1. The predicted octanol–water partition coefficient (Wildman–Crippen LogP) is 4.89. The van der Waals surface area contributed by atoms with Crippen molar-refractivity contribution in [3.63, 3.8) is 0 Å². The van der Waals surface area contributed by atoms with E-state index in [2.05, 4.69) is 10.2 Å². The fourth-order valence-electron chi connectivity index (χ4n) is 3.11. The molecule has 7 heteroatoms. The third-order valence-electron chi connectivity index (χ3n) is 4.45. The molecule has 0 radical (unpaired) electrons. The lowest BCUT2D eigenvalue weighted by molar-refractivity contribution is -0.384. The summed E-state index contributed by atoms with van der Waals surface area (Å²) in [5.74, 6) is -0.294. The van der Waals surface area contributed by atoms with Gasteiger partial charge in [-0.2, -0.15) is 0 Å². The van der Waals surface area contributed by atoms with Crippen molar-refractivity contribution in [2.45, 2.75) is 19.3 Å². The van der Waals surface area contributed by atoms with Crippen molar-refractivity contribution in [2.24, 2.45) is 0 Å². The summed E-state index contributed by atoms with van der Waals surface area (Å²) in [5.41, 5.74) is 2.12. The van der Waals surface area contributed by atoms with Crippen molar-refractivity contribution in [2.75, 3.05) is 23.3 Å². The largest absolute Gasteiger partial charge is 0.370 e. The fourth-order valence-corrected chi connectivity index (χ4v) is 3.30. The van der Waals surface area contributed by atoms with Gasteiger partial charge in [-0.25, -0.2) is 0 Å². The van der Waals surface area contributed by atoms with Gasteiger partial charge in [0.2, 0.25) is 5.91 Å². The van der Waals surface area contributed by atoms with Crippen LogP contribution in [0, 0.1) is 10.1 Å². The number of nitrogens with zero attached hydrogens (tertiary/aromatic N) is 2. The van der Waals surface area contributed by atoms with Crippen LogP contribution < -0.4 is 10.2 Å². The zero-order valence-corrected chi connectivity index (χ0v) is 15.5. The molecule has 1 N–H and O–H groups in total. The summed E-state index contributed by atoms with van der Waals surface area (Å²) in [6.07, 6.45) is 6.43. The minimum absolute atomic E-state index is 0.0667. The molecule has 1 aliphatic heterocycles. The van der Waals surface area contributed by atoms with Gasteiger partial charge in [-0.15, -0.1) is 0 Å².